The summed E-state index contributed by atoms with van der Waals surface area (Å²) in [5.74, 6) is -0.624. The lowest BCUT2D eigenvalue weighted by molar-refractivity contribution is -0.141. The first-order valence-corrected chi connectivity index (χ1v) is 6.53. The van der Waals surface area contributed by atoms with Crippen LogP contribution in [0.5, 0.6) is 0 Å². The lowest BCUT2D eigenvalue weighted by atomic mass is 10.0. The summed E-state index contributed by atoms with van der Waals surface area (Å²) in [5, 5.41) is 0.472. The molecule has 1 aromatic rings. The van der Waals surface area contributed by atoms with Crippen molar-refractivity contribution in [1.29, 1.82) is 0 Å². The molecule has 0 fully saturated rings. The molecule has 20 heavy (non-hydrogen) atoms. The molecule has 0 aromatic heterocycles. The van der Waals surface area contributed by atoms with Crippen LogP contribution >= 0.6 is 23.2 Å². The van der Waals surface area contributed by atoms with Gasteiger partial charge in [-0.05, 0) is 31.2 Å². The monoisotopic (exact) mass is 328 g/mol. The van der Waals surface area contributed by atoms with Gasteiger partial charge < -0.3 is 4.74 Å². The highest BCUT2D eigenvalue weighted by molar-refractivity contribution is 6.30. The summed E-state index contributed by atoms with van der Waals surface area (Å²) in [6.45, 7) is 1.08. The largest absolute Gasteiger partial charge is 0.462 e. The van der Waals surface area contributed by atoms with Crippen molar-refractivity contribution < 1.29 is 22.7 Å². The molecule has 0 heterocycles. The van der Waals surface area contributed by atoms with Crippen molar-refractivity contribution in [2.75, 3.05) is 6.61 Å². The third-order valence-electron chi connectivity index (χ3n) is 2.51. The highest BCUT2D eigenvalue weighted by Gasteiger charge is 2.38. The first-order chi connectivity index (χ1) is 9.09. The number of hydrogen-bond acceptors (Lipinski definition) is 2. The minimum absolute atomic E-state index is 0.0899. The molecule has 0 N–H and O–H groups in total. The molecule has 0 spiro atoms. The second-order valence-electron chi connectivity index (χ2n) is 4.60. The van der Waals surface area contributed by atoms with Crippen LogP contribution in [0.4, 0.5) is 13.2 Å². The Balaban J connectivity index is 2.44. The van der Waals surface area contributed by atoms with Gasteiger partial charge in [0.2, 0.25) is 0 Å². The summed E-state index contributed by atoms with van der Waals surface area (Å²) in [4.78, 5) is 10.1. The van der Waals surface area contributed by atoms with E-state index in [9.17, 15) is 18.0 Å². The number of benzene rings is 1. The normalized spacial score (nSPS) is 14.7. The van der Waals surface area contributed by atoms with E-state index in [0.717, 1.165) is 0 Å². The second-order valence-corrected chi connectivity index (χ2v) is 5.95. The van der Waals surface area contributed by atoms with E-state index in [-0.39, 0.29) is 18.6 Å². The highest BCUT2D eigenvalue weighted by Crippen LogP contribution is 2.34. The average Bonchev–Trinajstić information content (AvgIpc) is 2.26. The van der Waals surface area contributed by atoms with Gasteiger partial charge in [-0.25, -0.2) is 4.79 Å². The van der Waals surface area contributed by atoms with Gasteiger partial charge >= 0.3 is 12.1 Å². The zero-order valence-electron chi connectivity index (χ0n) is 10.6. The molecule has 0 radical (unpaired) electrons. The summed E-state index contributed by atoms with van der Waals surface area (Å²) in [6, 6.07) is 5.99. The van der Waals surface area contributed by atoms with E-state index in [1.165, 1.54) is 31.2 Å². The predicted octanol–water partition coefficient (Wildman–Crippen LogP) is 4.84. The van der Waals surface area contributed by atoms with Crippen molar-refractivity contribution in [2.24, 2.45) is 0 Å². The van der Waals surface area contributed by atoms with Gasteiger partial charge in [-0.1, -0.05) is 11.6 Å². The number of rotatable bonds is 5. The summed E-state index contributed by atoms with van der Waals surface area (Å²) in [5.41, 5.74) is 0.279. The van der Waals surface area contributed by atoms with Crippen LogP contribution in [0.15, 0.2) is 24.3 Å². The maximum atomic E-state index is 12.2. The Morgan fingerprint density at radius 3 is 2.30 bits per heavy atom. The van der Waals surface area contributed by atoms with Crippen molar-refractivity contribution in [3.63, 3.8) is 0 Å². The van der Waals surface area contributed by atoms with Crippen LogP contribution in [0.3, 0.4) is 0 Å². The number of alkyl halides is 4. The maximum Gasteiger partial charge on any atom is 0.390 e. The standard InChI is InChI=1S/C13H13Cl2F3O2/c1-12(15,8-13(16,17)18)6-7-20-11(19)9-2-4-10(14)5-3-9/h2-5H,6-8H2,1H3/t12-/m0/s1. The molecule has 0 aliphatic heterocycles. The smallest absolute Gasteiger partial charge is 0.390 e. The Bertz CT molecular complexity index is 456. The SMILES string of the molecule is C[C@](Cl)(CCOC(=O)c1ccc(Cl)cc1)CC(F)(F)F. The minimum atomic E-state index is -4.35. The number of ether oxygens (including phenoxy) is 1. The van der Waals surface area contributed by atoms with Crippen LogP contribution in [0.1, 0.15) is 30.1 Å². The van der Waals surface area contributed by atoms with E-state index in [2.05, 4.69) is 0 Å². The highest BCUT2D eigenvalue weighted by atomic mass is 35.5. The number of esters is 1. The van der Waals surface area contributed by atoms with Crippen molar-refractivity contribution in [2.45, 2.75) is 30.8 Å². The second kappa shape index (κ2) is 6.68. The third kappa shape index (κ3) is 6.48. The molecule has 0 bridgehead atoms. The van der Waals surface area contributed by atoms with Crippen molar-refractivity contribution in [3.05, 3.63) is 34.9 Å². The molecule has 0 saturated heterocycles. The van der Waals surface area contributed by atoms with Gasteiger partial charge in [0.1, 0.15) is 0 Å². The molecule has 2 nitrogen and oxygen atoms in total. The number of carbonyl (C=O) groups excluding carboxylic acids is 1. The third-order valence-corrected chi connectivity index (χ3v) is 3.08. The first-order valence-electron chi connectivity index (χ1n) is 5.77. The average molecular weight is 329 g/mol. The number of hydrogen-bond donors (Lipinski definition) is 0. The van der Waals surface area contributed by atoms with Crippen LogP contribution in [0, 0.1) is 0 Å². The lowest BCUT2D eigenvalue weighted by Crippen LogP contribution is -2.27. The molecule has 1 aromatic carbocycles. The van der Waals surface area contributed by atoms with E-state index in [0.29, 0.717) is 5.02 Å². The molecule has 1 atom stereocenters. The van der Waals surface area contributed by atoms with Crippen molar-refractivity contribution in [1.82, 2.24) is 0 Å². The lowest BCUT2D eigenvalue weighted by Gasteiger charge is -2.23. The molecule has 0 unspecified atom stereocenters. The van der Waals surface area contributed by atoms with Crippen LogP contribution < -0.4 is 0 Å². The Kier molecular flexibility index (Phi) is 5.71. The quantitative estimate of drug-likeness (QED) is 0.571. The minimum Gasteiger partial charge on any atom is -0.462 e. The zero-order chi connectivity index (χ0) is 15.4. The van der Waals surface area contributed by atoms with Gasteiger partial charge in [0.15, 0.2) is 0 Å². The Labute approximate surface area is 124 Å². The molecule has 0 aliphatic carbocycles. The number of halogens is 5. The fourth-order valence-corrected chi connectivity index (χ4v) is 1.89. The Morgan fingerprint density at radius 1 is 1.25 bits per heavy atom. The van der Waals surface area contributed by atoms with Gasteiger partial charge in [-0.2, -0.15) is 13.2 Å². The molecular formula is C13H13Cl2F3O2. The molecular weight excluding hydrogens is 316 g/mol. The summed E-state index contributed by atoms with van der Waals surface area (Å²) in [7, 11) is 0. The fraction of sp³-hybridized carbons (Fsp3) is 0.462. The molecule has 0 aliphatic rings. The van der Waals surface area contributed by atoms with E-state index < -0.39 is 23.4 Å². The predicted molar refractivity (Wildman–Crippen MR) is 71.3 cm³/mol. The topological polar surface area (TPSA) is 26.3 Å². The van der Waals surface area contributed by atoms with Crippen molar-refractivity contribution in [3.8, 4) is 0 Å². The first kappa shape index (κ1) is 17.1. The van der Waals surface area contributed by atoms with E-state index >= 15 is 0 Å². The van der Waals surface area contributed by atoms with Gasteiger partial charge in [0, 0.05) is 11.4 Å². The molecule has 0 amide bonds. The van der Waals surface area contributed by atoms with E-state index in [4.69, 9.17) is 27.9 Å². The van der Waals surface area contributed by atoms with Gasteiger partial charge in [-0.15, -0.1) is 11.6 Å². The van der Waals surface area contributed by atoms with Crippen LogP contribution in [0.25, 0.3) is 0 Å². The van der Waals surface area contributed by atoms with Crippen molar-refractivity contribution >= 4 is 29.2 Å². The summed E-state index contributed by atoms with van der Waals surface area (Å²) < 4.78 is 41.6. The Morgan fingerprint density at radius 2 is 1.80 bits per heavy atom. The maximum absolute atomic E-state index is 12.2. The summed E-state index contributed by atoms with van der Waals surface area (Å²) in [6.07, 6.45) is -5.58. The molecule has 0 saturated carbocycles. The van der Waals surface area contributed by atoms with Crippen LogP contribution in [-0.4, -0.2) is 23.6 Å². The fourth-order valence-electron chi connectivity index (χ4n) is 1.53. The molecule has 7 heteroatoms. The van der Waals surface area contributed by atoms with Gasteiger partial charge in [0.25, 0.3) is 0 Å². The van der Waals surface area contributed by atoms with E-state index in [1.54, 1.807) is 0 Å². The van der Waals surface area contributed by atoms with Crippen LogP contribution in [-0.2, 0) is 4.74 Å². The Hall–Kier alpha value is -0.940. The molecule has 1 rings (SSSR count). The molecule has 112 valence electrons. The number of carbonyl (C=O) groups is 1. The van der Waals surface area contributed by atoms with E-state index in [1.807, 2.05) is 0 Å². The van der Waals surface area contributed by atoms with Crippen LogP contribution in [0.2, 0.25) is 5.02 Å². The summed E-state index contributed by atoms with van der Waals surface area (Å²) >= 11 is 11.4. The zero-order valence-corrected chi connectivity index (χ0v) is 12.1. The van der Waals surface area contributed by atoms with Gasteiger partial charge in [-0.3, -0.25) is 0 Å². The van der Waals surface area contributed by atoms with Gasteiger partial charge in [0.05, 0.1) is 23.5 Å².